The number of hydrogen-bond acceptors (Lipinski definition) is 8. The predicted molar refractivity (Wildman–Crippen MR) is 258 cm³/mol. The Labute approximate surface area is 378 Å². The number of amides is 1. The predicted octanol–water partition coefficient (Wildman–Crippen LogP) is 11.1. The molecule has 0 saturated carbocycles. The van der Waals surface area contributed by atoms with Crippen molar-refractivity contribution < 1.29 is 39.8 Å². The molecule has 1 rings (SSSR count). The average molecular weight is 870 g/mol. The van der Waals surface area contributed by atoms with E-state index in [1.54, 1.807) is 6.08 Å². The highest BCUT2D eigenvalue weighted by molar-refractivity contribution is 5.76. The Balaban J connectivity index is 2.38. The number of hydrogen-bond donors (Lipinski definition) is 6. The molecule has 1 heterocycles. The van der Waals surface area contributed by atoms with Crippen LogP contribution in [0.3, 0.4) is 0 Å². The standard InChI is InChI=1S/C53H91NO8/c1-3-5-7-9-11-13-15-17-19-21-23-24-25-27-29-31-33-35-37-39-41-43-49(57)54-46(45-61-53-52(60)51(59)50(58)48(44-55)62-53)47(56)42-40-38-36-34-32-30-28-26-22-20-18-16-14-12-10-8-6-4-2/h5,7,11,13,17,19,23-24,27,29,33,35,40,42,46-48,50-53,55-56,58-60H,3-4,6,8-10,12,14-16,18,20-22,25-26,28,30-32,34,36-39,41,43-45H2,1-2H3,(H,54,57)/b7-5-,13-11-,19-17-,24-23-,29-27-,35-33-,42-40+. The van der Waals surface area contributed by atoms with Gasteiger partial charge in [-0.2, -0.15) is 0 Å². The highest BCUT2D eigenvalue weighted by Gasteiger charge is 2.44. The lowest BCUT2D eigenvalue weighted by molar-refractivity contribution is -0.302. The van der Waals surface area contributed by atoms with Gasteiger partial charge in [0.1, 0.15) is 24.4 Å². The van der Waals surface area contributed by atoms with E-state index in [4.69, 9.17) is 9.47 Å². The highest BCUT2D eigenvalue weighted by atomic mass is 16.7. The summed E-state index contributed by atoms with van der Waals surface area (Å²) in [6.07, 6.45) is 51.9. The molecule has 9 heteroatoms. The molecule has 0 aromatic carbocycles. The van der Waals surface area contributed by atoms with Gasteiger partial charge in [0.05, 0.1) is 25.4 Å². The van der Waals surface area contributed by atoms with Crippen LogP contribution in [0.15, 0.2) is 85.1 Å². The molecule has 0 aliphatic carbocycles. The third-order valence-corrected chi connectivity index (χ3v) is 11.2. The zero-order chi connectivity index (χ0) is 45.1. The maximum atomic E-state index is 13.0. The second-order valence-electron chi connectivity index (χ2n) is 16.9. The zero-order valence-electron chi connectivity index (χ0n) is 39.1. The summed E-state index contributed by atoms with van der Waals surface area (Å²) in [6, 6.07) is -0.833. The molecule has 7 unspecified atom stereocenters. The molecule has 6 N–H and O–H groups in total. The fourth-order valence-electron chi connectivity index (χ4n) is 7.28. The minimum absolute atomic E-state index is 0.211. The van der Waals surface area contributed by atoms with Crippen LogP contribution < -0.4 is 5.32 Å². The molecule has 62 heavy (non-hydrogen) atoms. The SMILES string of the molecule is CC/C=C\C/C=C\C/C=C\C/C=C\C/C=C\C/C=C\CCCCC(=O)NC(COC1OC(CO)C(O)C(O)C1O)C(O)/C=C/CCCCCCCCCCCCCCCCCC. The van der Waals surface area contributed by atoms with Gasteiger partial charge in [-0.25, -0.2) is 0 Å². The first-order chi connectivity index (χ1) is 30.3. The Kier molecular flexibility index (Phi) is 39.2. The minimum Gasteiger partial charge on any atom is -0.394 e. The summed E-state index contributed by atoms with van der Waals surface area (Å²) in [5, 5.41) is 54.3. The van der Waals surface area contributed by atoms with Crippen LogP contribution in [0.25, 0.3) is 0 Å². The number of carbonyl (C=O) groups is 1. The number of carbonyl (C=O) groups excluding carboxylic acids is 1. The molecule has 7 atom stereocenters. The fraction of sp³-hybridized carbons (Fsp3) is 0.717. The summed E-state index contributed by atoms with van der Waals surface area (Å²) in [7, 11) is 0. The highest BCUT2D eigenvalue weighted by Crippen LogP contribution is 2.22. The molecular formula is C53H91NO8. The second-order valence-corrected chi connectivity index (χ2v) is 16.9. The summed E-state index contributed by atoms with van der Waals surface area (Å²) in [5.41, 5.74) is 0. The van der Waals surface area contributed by atoms with Gasteiger partial charge in [0.25, 0.3) is 0 Å². The lowest BCUT2D eigenvalue weighted by atomic mass is 9.99. The molecule has 0 radical (unpaired) electrons. The van der Waals surface area contributed by atoms with Crippen molar-refractivity contribution in [2.75, 3.05) is 13.2 Å². The number of aliphatic hydroxyl groups is 5. The Morgan fingerprint density at radius 1 is 0.565 bits per heavy atom. The Hall–Kier alpha value is -2.63. The van der Waals surface area contributed by atoms with Crippen molar-refractivity contribution in [3.63, 3.8) is 0 Å². The van der Waals surface area contributed by atoms with Gasteiger partial charge in [-0.15, -0.1) is 0 Å². The molecule has 0 aromatic heterocycles. The molecule has 0 aromatic rings. The summed E-state index contributed by atoms with van der Waals surface area (Å²) < 4.78 is 11.2. The number of aliphatic hydroxyl groups excluding tert-OH is 5. The fourth-order valence-corrected chi connectivity index (χ4v) is 7.28. The van der Waals surface area contributed by atoms with E-state index in [0.29, 0.717) is 6.42 Å². The van der Waals surface area contributed by atoms with Crippen LogP contribution in [-0.2, 0) is 14.3 Å². The van der Waals surface area contributed by atoms with Crippen LogP contribution in [-0.4, -0.2) is 87.5 Å². The summed E-state index contributed by atoms with van der Waals surface area (Å²) in [5.74, 6) is -0.222. The Morgan fingerprint density at radius 3 is 1.48 bits per heavy atom. The quantitative estimate of drug-likeness (QED) is 0.0263. The molecule has 0 spiro atoms. The molecule has 1 fully saturated rings. The molecule has 356 valence electrons. The van der Waals surface area contributed by atoms with Gasteiger partial charge >= 0.3 is 0 Å². The van der Waals surface area contributed by atoms with Crippen LogP contribution in [0.4, 0.5) is 0 Å². The summed E-state index contributed by atoms with van der Waals surface area (Å²) in [6.45, 7) is 3.63. The first-order valence-corrected chi connectivity index (χ1v) is 24.8. The van der Waals surface area contributed by atoms with Gasteiger partial charge in [-0.05, 0) is 70.6 Å². The van der Waals surface area contributed by atoms with E-state index in [1.807, 2.05) is 6.08 Å². The van der Waals surface area contributed by atoms with Gasteiger partial charge in [-0.1, -0.05) is 195 Å². The maximum Gasteiger partial charge on any atom is 0.220 e. The number of allylic oxidation sites excluding steroid dienone is 13. The maximum absolute atomic E-state index is 13.0. The molecular weight excluding hydrogens is 779 g/mol. The lowest BCUT2D eigenvalue weighted by Gasteiger charge is -2.40. The number of rotatable bonds is 40. The number of nitrogens with one attached hydrogen (secondary N) is 1. The van der Waals surface area contributed by atoms with Crippen LogP contribution in [0, 0.1) is 0 Å². The molecule has 1 aliphatic heterocycles. The van der Waals surface area contributed by atoms with E-state index < -0.39 is 49.5 Å². The smallest absolute Gasteiger partial charge is 0.220 e. The summed E-state index contributed by atoms with van der Waals surface area (Å²) in [4.78, 5) is 13.0. The van der Waals surface area contributed by atoms with Crippen molar-refractivity contribution in [3.8, 4) is 0 Å². The van der Waals surface area contributed by atoms with E-state index in [2.05, 4.69) is 92.1 Å². The molecule has 1 amide bonds. The van der Waals surface area contributed by atoms with Gasteiger partial charge in [0, 0.05) is 6.42 Å². The van der Waals surface area contributed by atoms with Crippen molar-refractivity contribution >= 4 is 5.91 Å². The average Bonchev–Trinajstić information content (AvgIpc) is 3.27. The van der Waals surface area contributed by atoms with Crippen LogP contribution in [0.2, 0.25) is 0 Å². The van der Waals surface area contributed by atoms with E-state index in [0.717, 1.165) is 70.6 Å². The minimum atomic E-state index is -1.58. The van der Waals surface area contributed by atoms with Gasteiger partial charge in [0.15, 0.2) is 6.29 Å². The van der Waals surface area contributed by atoms with Gasteiger partial charge < -0.3 is 40.3 Å². The Bertz CT molecular complexity index is 1240. The third-order valence-electron chi connectivity index (χ3n) is 11.2. The third kappa shape index (κ3) is 32.1. The normalized spacial score (nSPS) is 21.0. The topological polar surface area (TPSA) is 149 Å². The lowest BCUT2D eigenvalue weighted by Crippen LogP contribution is -2.60. The molecule has 1 aliphatic rings. The van der Waals surface area contributed by atoms with Crippen LogP contribution in [0.1, 0.15) is 187 Å². The van der Waals surface area contributed by atoms with Crippen molar-refractivity contribution in [1.29, 1.82) is 0 Å². The van der Waals surface area contributed by atoms with Gasteiger partial charge in [0.2, 0.25) is 5.91 Å². The van der Waals surface area contributed by atoms with Crippen molar-refractivity contribution in [2.24, 2.45) is 0 Å². The largest absolute Gasteiger partial charge is 0.394 e. The monoisotopic (exact) mass is 870 g/mol. The van der Waals surface area contributed by atoms with E-state index in [9.17, 15) is 30.3 Å². The first-order valence-electron chi connectivity index (χ1n) is 24.8. The van der Waals surface area contributed by atoms with Crippen molar-refractivity contribution in [2.45, 2.75) is 230 Å². The molecule has 1 saturated heterocycles. The van der Waals surface area contributed by atoms with Gasteiger partial charge in [-0.3, -0.25) is 4.79 Å². The van der Waals surface area contributed by atoms with E-state index in [-0.39, 0.29) is 18.9 Å². The number of unbranched alkanes of at least 4 members (excludes halogenated alkanes) is 18. The van der Waals surface area contributed by atoms with Crippen molar-refractivity contribution in [3.05, 3.63) is 85.1 Å². The Morgan fingerprint density at radius 2 is 1.00 bits per heavy atom. The van der Waals surface area contributed by atoms with Crippen LogP contribution >= 0.6 is 0 Å². The zero-order valence-corrected chi connectivity index (χ0v) is 39.1. The second kappa shape index (κ2) is 42.3. The van der Waals surface area contributed by atoms with E-state index in [1.165, 1.54) is 89.9 Å². The molecule has 9 nitrogen and oxygen atoms in total. The van der Waals surface area contributed by atoms with Crippen molar-refractivity contribution in [1.82, 2.24) is 5.32 Å². The summed E-state index contributed by atoms with van der Waals surface area (Å²) >= 11 is 0. The number of ether oxygens (including phenoxy) is 2. The molecule has 0 bridgehead atoms. The first kappa shape index (κ1) is 57.4. The van der Waals surface area contributed by atoms with Crippen LogP contribution in [0.5, 0.6) is 0 Å². The van der Waals surface area contributed by atoms with E-state index >= 15 is 0 Å².